The summed E-state index contributed by atoms with van der Waals surface area (Å²) in [6, 6.07) is 0.661. The fraction of sp³-hybridized carbons (Fsp3) is 0.200. The first-order valence-corrected chi connectivity index (χ1v) is 4.38. The molecule has 3 nitrogen and oxygen atoms in total. The highest BCUT2D eigenvalue weighted by Crippen LogP contribution is 2.46. The van der Waals surface area contributed by atoms with Crippen LogP contribution >= 0.6 is 0 Å². The second-order valence-electron chi connectivity index (χ2n) is 3.29. The van der Waals surface area contributed by atoms with Gasteiger partial charge < -0.3 is 5.11 Å². The summed E-state index contributed by atoms with van der Waals surface area (Å²) < 4.78 is 65.7. The van der Waals surface area contributed by atoms with Crippen molar-refractivity contribution in [1.82, 2.24) is 0 Å². The number of allylic oxidation sites excluding steroid dienone is 5. The van der Waals surface area contributed by atoms with Crippen LogP contribution < -0.4 is 0 Å². The predicted octanol–water partition coefficient (Wildman–Crippen LogP) is 2.79. The molecule has 1 aliphatic carbocycles. The standard InChI is InChI=1S/C10H4F5NO2/c11-6-4(1-2-5(17)18)10(15,3-16)9(14)8(13)7(6)12/h1-2,4H,(H,17,18)/b2-1+. The first-order valence-electron chi connectivity index (χ1n) is 4.38. The summed E-state index contributed by atoms with van der Waals surface area (Å²) in [5.41, 5.74) is -3.82. The summed E-state index contributed by atoms with van der Waals surface area (Å²) in [5, 5.41) is 16.7. The summed E-state index contributed by atoms with van der Waals surface area (Å²) >= 11 is 0. The van der Waals surface area contributed by atoms with Gasteiger partial charge in [0.15, 0.2) is 23.3 Å². The molecule has 0 amide bonds. The van der Waals surface area contributed by atoms with Crippen LogP contribution in [0.1, 0.15) is 0 Å². The maximum absolute atomic E-state index is 13.8. The molecule has 0 aliphatic heterocycles. The Labute approximate surface area is 97.1 Å². The summed E-state index contributed by atoms with van der Waals surface area (Å²) in [7, 11) is 0. The van der Waals surface area contributed by atoms with E-state index >= 15 is 0 Å². The highest BCUT2D eigenvalue weighted by Gasteiger charge is 2.52. The Morgan fingerprint density at radius 3 is 2.33 bits per heavy atom. The van der Waals surface area contributed by atoms with Crippen LogP contribution in [0.4, 0.5) is 22.0 Å². The molecule has 0 saturated carbocycles. The van der Waals surface area contributed by atoms with E-state index in [1.54, 1.807) is 0 Å². The van der Waals surface area contributed by atoms with Gasteiger partial charge in [0.2, 0.25) is 0 Å². The minimum absolute atomic E-state index is 0.194. The number of alkyl halides is 1. The number of carboxylic acid groups (broad SMARTS) is 1. The van der Waals surface area contributed by atoms with E-state index in [1.165, 1.54) is 0 Å². The first-order chi connectivity index (χ1) is 8.25. The zero-order valence-electron chi connectivity index (χ0n) is 8.42. The number of nitrogens with zero attached hydrogens (tertiary/aromatic N) is 1. The average molecular weight is 265 g/mol. The van der Waals surface area contributed by atoms with Gasteiger partial charge in [0.25, 0.3) is 5.67 Å². The van der Waals surface area contributed by atoms with Crippen LogP contribution in [-0.4, -0.2) is 16.7 Å². The third-order valence-electron chi connectivity index (χ3n) is 2.21. The van der Waals surface area contributed by atoms with Gasteiger partial charge in [-0.25, -0.2) is 26.7 Å². The second kappa shape index (κ2) is 4.60. The van der Waals surface area contributed by atoms with Crippen LogP contribution in [0.25, 0.3) is 0 Å². The third-order valence-corrected chi connectivity index (χ3v) is 2.21. The Bertz CT molecular complexity index is 531. The van der Waals surface area contributed by atoms with Crippen molar-refractivity contribution in [3.63, 3.8) is 0 Å². The highest BCUT2D eigenvalue weighted by molar-refractivity contribution is 5.80. The van der Waals surface area contributed by atoms with Gasteiger partial charge in [-0.1, -0.05) is 6.08 Å². The van der Waals surface area contributed by atoms with Gasteiger partial charge >= 0.3 is 5.97 Å². The molecule has 18 heavy (non-hydrogen) atoms. The summed E-state index contributed by atoms with van der Waals surface area (Å²) in [6.07, 6.45) is 0.423. The van der Waals surface area contributed by atoms with Crippen molar-refractivity contribution < 1.29 is 31.9 Å². The maximum atomic E-state index is 13.8. The molecule has 0 saturated heterocycles. The Morgan fingerprint density at radius 1 is 1.33 bits per heavy atom. The first kappa shape index (κ1) is 13.9. The number of carbonyl (C=O) groups is 1. The molecule has 1 rings (SSSR count). The highest BCUT2D eigenvalue weighted by atomic mass is 19.2. The molecule has 0 heterocycles. The van der Waals surface area contributed by atoms with Crippen molar-refractivity contribution >= 4 is 5.97 Å². The Hall–Kier alpha value is -2.17. The van der Waals surface area contributed by atoms with E-state index in [4.69, 9.17) is 10.4 Å². The molecular formula is C10H4F5NO2. The second-order valence-corrected chi connectivity index (χ2v) is 3.29. The lowest BCUT2D eigenvalue weighted by atomic mass is 9.83. The Morgan fingerprint density at radius 2 is 1.89 bits per heavy atom. The molecule has 1 N–H and O–H groups in total. The molecule has 2 atom stereocenters. The zero-order chi connectivity index (χ0) is 14.1. The molecule has 0 bridgehead atoms. The van der Waals surface area contributed by atoms with Crippen LogP contribution in [0.5, 0.6) is 0 Å². The number of hydrogen-bond acceptors (Lipinski definition) is 2. The minimum Gasteiger partial charge on any atom is -0.478 e. The normalized spacial score (nSPS) is 28.8. The van der Waals surface area contributed by atoms with E-state index in [-0.39, 0.29) is 12.2 Å². The van der Waals surface area contributed by atoms with Crippen molar-refractivity contribution in [3.05, 3.63) is 35.5 Å². The SMILES string of the molecule is N#CC1(F)C(F)=C(F)C(F)=C(F)C1/C=C/C(=O)O. The van der Waals surface area contributed by atoms with Crippen LogP contribution in [0.3, 0.4) is 0 Å². The average Bonchev–Trinajstić information content (AvgIpc) is 2.33. The molecule has 1 aliphatic rings. The third kappa shape index (κ3) is 1.99. The van der Waals surface area contributed by atoms with Crippen LogP contribution in [-0.2, 0) is 4.79 Å². The van der Waals surface area contributed by atoms with Crippen molar-refractivity contribution in [2.24, 2.45) is 5.92 Å². The zero-order valence-corrected chi connectivity index (χ0v) is 8.42. The maximum Gasteiger partial charge on any atom is 0.328 e. The van der Waals surface area contributed by atoms with Gasteiger partial charge in [-0.05, 0) is 0 Å². The quantitative estimate of drug-likeness (QED) is 0.616. The lowest BCUT2D eigenvalue weighted by molar-refractivity contribution is -0.131. The Balaban J connectivity index is 3.42. The van der Waals surface area contributed by atoms with Crippen molar-refractivity contribution in [2.75, 3.05) is 0 Å². The summed E-state index contributed by atoms with van der Waals surface area (Å²) in [6.45, 7) is 0. The number of rotatable bonds is 2. The molecular weight excluding hydrogens is 261 g/mol. The molecule has 0 fully saturated rings. The lowest BCUT2D eigenvalue weighted by Gasteiger charge is -2.26. The van der Waals surface area contributed by atoms with E-state index in [1.807, 2.05) is 0 Å². The lowest BCUT2D eigenvalue weighted by Crippen LogP contribution is -2.35. The number of carboxylic acids is 1. The molecule has 8 heteroatoms. The van der Waals surface area contributed by atoms with E-state index in [2.05, 4.69) is 0 Å². The van der Waals surface area contributed by atoms with E-state index in [9.17, 15) is 26.7 Å². The number of hydrogen-bond donors (Lipinski definition) is 1. The molecule has 0 aromatic carbocycles. The number of aliphatic carboxylic acids is 1. The smallest absolute Gasteiger partial charge is 0.328 e. The van der Waals surface area contributed by atoms with Gasteiger partial charge in [0, 0.05) is 6.08 Å². The van der Waals surface area contributed by atoms with Crippen molar-refractivity contribution in [1.29, 1.82) is 5.26 Å². The number of nitriles is 1. The molecule has 0 aromatic rings. The van der Waals surface area contributed by atoms with Gasteiger partial charge in [-0.3, -0.25) is 0 Å². The molecule has 0 radical (unpaired) electrons. The van der Waals surface area contributed by atoms with Crippen LogP contribution in [0.15, 0.2) is 35.5 Å². The molecule has 0 aromatic heterocycles. The molecule has 2 unspecified atom stereocenters. The predicted molar refractivity (Wildman–Crippen MR) is 48.2 cm³/mol. The molecule has 0 spiro atoms. The Kier molecular flexibility index (Phi) is 3.55. The number of halogens is 5. The van der Waals surface area contributed by atoms with Crippen molar-refractivity contribution in [3.8, 4) is 6.07 Å². The van der Waals surface area contributed by atoms with E-state index < -0.39 is 40.9 Å². The van der Waals surface area contributed by atoms with Gasteiger partial charge in [-0.2, -0.15) is 5.26 Å². The van der Waals surface area contributed by atoms with Crippen molar-refractivity contribution in [2.45, 2.75) is 5.67 Å². The van der Waals surface area contributed by atoms with Crippen LogP contribution in [0.2, 0.25) is 0 Å². The van der Waals surface area contributed by atoms with Gasteiger partial charge in [0.05, 0.1) is 5.92 Å². The summed E-state index contributed by atoms with van der Waals surface area (Å²) in [4.78, 5) is 10.2. The largest absolute Gasteiger partial charge is 0.478 e. The van der Waals surface area contributed by atoms with Gasteiger partial charge in [0.1, 0.15) is 6.07 Å². The van der Waals surface area contributed by atoms with Gasteiger partial charge in [-0.15, -0.1) is 0 Å². The fourth-order valence-corrected chi connectivity index (χ4v) is 1.32. The minimum atomic E-state index is -3.82. The monoisotopic (exact) mass is 265 g/mol. The van der Waals surface area contributed by atoms with Crippen LogP contribution in [0, 0.1) is 17.2 Å². The van der Waals surface area contributed by atoms with E-state index in [0.29, 0.717) is 6.07 Å². The van der Waals surface area contributed by atoms with E-state index in [0.717, 1.165) is 0 Å². The topological polar surface area (TPSA) is 61.1 Å². The summed E-state index contributed by atoms with van der Waals surface area (Å²) in [5.74, 6) is -13.4. The fourth-order valence-electron chi connectivity index (χ4n) is 1.32. The molecule has 96 valence electrons.